The highest BCUT2D eigenvalue weighted by Gasteiger charge is 2.07. The number of ether oxygens (including phenoxy) is 1. The summed E-state index contributed by atoms with van der Waals surface area (Å²) in [5.41, 5.74) is 0.907. The monoisotopic (exact) mass is 235 g/mol. The van der Waals surface area contributed by atoms with E-state index >= 15 is 0 Å². The molecule has 17 heavy (non-hydrogen) atoms. The van der Waals surface area contributed by atoms with Gasteiger partial charge in [0.1, 0.15) is 6.61 Å². The zero-order valence-corrected chi connectivity index (χ0v) is 9.01. The molecule has 2 rings (SSSR count). The van der Waals surface area contributed by atoms with Gasteiger partial charge < -0.3 is 4.74 Å². The molecule has 0 amide bonds. The Morgan fingerprint density at radius 2 is 1.82 bits per heavy atom. The summed E-state index contributed by atoms with van der Waals surface area (Å²) in [6.07, 6.45) is -1.36. The summed E-state index contributed by atoms with van der Waals surface area (Å²) in [6.45, 7) is 0.377. The number of nitrogens with zero attached hydrogens (tertiary/aromatic N) is 1. The number of pyridine rings is 1. The molecule has 0 fully saturated rings. The largest absolute Gasteiger partial charge is 0.473 e. The fourth-order valence-corrected chi connectivity index (χ4v) is 1.34. The highest BCUT2D eigenvalue weighted by Crippen LogP contribution is 2.19. The summed E-state index contributed by atoms with van der Waals surface area (Å²) in [6, 6.07) is 12.3. The summed E-state index contributed by atoms with van der Waals surface area (Å²) >= 11 is 0. The van der Waals surface area contributed by atoms with Crippen molar-refractivity contribution in [1.29, 1.82) is 0 Å². The van der Waals surface area contributed by atoms with E-state index < -0.39 is 6.43 Å². The lowest BCUT2D eigenvalue weighted by atomic mass is 10.2. The molecule has 0 N–H and O–H groups in total. The van der Waals surface area contributed by atoms with Crippen LogP contribution in [0, 0.1) is 0 Å². The normalized spacial score (nSPS) is 10.5. The molecule has 0 aliphatic rings. The molecule has 2 nitrogen and oxygen atoms in total. The second kappa shape index (κ2) is 5.39. The van der Waals surface area contributed by atoms with E-state index in [0.717, 1.165) is 11.8 Å². The van der Waals surface area contributed by atoms with Crippen molar-refractivity contribution in [2.45, 2.75) is 13.0 Å². The number of aromatic nitrogens is 1. The molecule has 1 aromatic carbocycles. The number of hydrogen-bond acceptors (Lipinski definition) is 2. The first kappa shape index (κ1) is 11.5. The van der Waals surface area contributed by atoms with Crippen molar-refractivity contribution in [1.82, 2.24) is 4.98 Å². The van der Waals surface area contributed by atoms with Gasteiger partial charge in [-0.2, -0.15) is 0 Å². The van der Waals surface area contributed by atoms with Gasteiger partial charge in [-0.3, -0.25) is 0 Å². The Labute approximate surface area is 97.9 Å². The second-order valence-electron chi connectivity index (χ2n) is 3.50. The van der Waals surface area contributed by atoms with Gasteiger partial charge in [-0.15, -0.1) is 0 Å². The zero-order valence-electron chi connectivity index (χ0n) is 9.01. The van der Waals surface area contributed by atoms with Crippen molar-refractivity contribution in [2.24, 2.45) is 0 Å². The van der Waals surface area contributed by atoms with Gasteiger partial charge in [-0.25, -0.2) is 13.8 Å². The van der Waals surface area contributed by atoms with Crippen molar-refractivity contribution in [3.05, 3.63) is 59.8 Å². The van der Waals surface area contributed by atoms with Crippen LogP contribution in [0.25, 0.3) is 0 Å². The Balaban J connectivity index is 1.96. The lowest BCUT2D eigenvalue weighted by Gasteiger charge is -2.05. The van der Waals surface area contributed by atoms with Crippen molar-refractivity contribution in [3.8, 4) is 5.88 Å². The maximum absolute atomic E-state index is 12.3. The van der Waals surface area contributed by atoms with Crippen LogP contribution in [-0.4, -0.2) is 4.98 Å². The minimum atomic E-state index is -2.49. The number of benzene rings is 1. The topological polar surface area (TPSA) is 22.1 Å². The van der Waals surface area contributed by atoms with Crippen LogP contribution in [-0.2, 0) is 6.61 Å². The molecule has 0 saturated carbocycles. The van der Waals surface area contributed by atoms with Crippen LogP contribution in [0.4, 0.5) is 8.78 Å². The average Bonchev–Trinajstić information content (AvgIpc) is 2.38. The van der Waals surface area contributed by atoms with E-state index in [-0.39, 0.29) is 5.56 Å². The molecule has 0 radical (unpaired) electrons. The highest BCUT2D eigenvalue weighted by molar-refractivity contribution is 5.20. The maximum Gasteiger partial charge on any atom is 0.265 e. The first-order valence-corrected chi connectivity index (χ1v) is 5.16. The first-order chi connectivity index (χ1) is 8.25. The molecule has 0 aliphatic heterocycles. The average molecular weight is 235 g/mol. The number of rotatable bonds is 4. The Hall–Kier alpha value is -1.97. The molecule has 2 aromatic rings. The van der Waals surface area contributed by atoms with Crippen LogP contribution in [0.5, 0.6) is 5.88 Å². The van der Waals surface area contributed by atoms with E-state index in [4.69, 9.17) is 4.74 Å². The van der Waals surface area contributed by atoms with Gasteiger partial charge in [0, 0.05) is 17.8 Å². The van der Waals surface area contributed by atoms with E-state index in [1.54, 1.807) is 0 Å². The molecule has 0 atom stereocenters. The second-order valence-corrected chi connectivity index (χ2v) is 3.50. The van der Waals surface area contributed by atoms with Crippen molar-refractivity contribution in [3.63, 3.8) is 0 Å². The van der Waals surface area contributed by atoms with Crippen LogP contribution in [0.3, 0.4) is 0 Å². The molecule has 1 heterocycles. The molecule has 88 valence electrons. The Morgan fingerprint density at radius 3 is 2.41 bits per heavy atom. The molecule has 1 aromatic heterocycles. The SMILES string of the molecule is FC(F)c1ccc(OCc2ccccc2)nc1. The predicted molar refractivity (Wildman–Crippen MR) is 60.0 cm³/mol. The van der Waals surface area contributed by atoms with Crippen molar-refractivity contribution in [2.75, 3.05) is 0 Å². The molecule has 0 spiro atoms. The fraction of sp³-hybridized carbons (Fsp3) is 0.154. The van der Waals surface area contributed by atoms with Gasteiger partial charge in [-0.1, -0.05) is 30.3 Å². The third-order valence-corrected chi connectivity index (χ3v) is 2.24. The minimum absolute atomic E-state index is 0.0999. The molecule has 0 unspecified atom stereocenters. The predicted octanol–water partition coefficient (Wildman–Crippen LogP) is 3.60. The summed E-state index contributed by atoms with van der Waals surface area (Å²) in [5, 5.41) is 0. The van der Waals surface area contributed by atoms with Crippen LogP contribution < -0.4 is 4.74 Å². The number of alkyl halides is 2. The Morgan fingerprint density at radius 1 is 1.06 bits per heavy atom. The molecular formula is C13H11F2NO. The Kier molecular flexibility index (Phi) is 3.65. The Bertz CT molecular complexity index is 457. The third kappa shape index (κ3) is 3.24. The fourth-order valence-electron chi connectivity index (χ4n) is 1.34. The first-order valence-electron chi connectivity index (χ1n) is 5.16. The lowest BCUT2D eigenvalue weighted by molar-refractivity contribution is 0.150. The molecule has 4 heteroatoms. The van der Waals surface area contributed by atoms with Gasteiger partial charge in [0.05, 0.1) is 0 Å². The zero-order chi connectivity index (χ0) is 12.1. The van der Waals surface area contributed by atoms with Gasteiger partial charge in [-0.05, 0) is 11.6 Å². The van der Waals surface area contributed by atoms with Gasteiger partial charge in [0.2, 0.25) is 5.88 Å². The third-order valence-electron chi connectivity index (χ3n) is 2.24. The number of halogens is 2. The maximum atomic E-state index is 12.3. The summed E-state index contributed by atoms with van der Waals surface area (Å²) in [4.78, 5) is 3.81. The van der Waals surface area contributed by atoms with E-state index in [9.17, 15) is 8.78 Å². The van der Waals surface area contributed by atoms with Crippen molar-refractivity contribution >= 4 is 0 Å². The highest BCUT2D eigenvalue weighted by atomic mass is 19.3. The summed E-state index contributed by atoms with van der Waals surface area (Å²) in [7, 11) is 0. The summed E-state index contributed by atoms with van der Waals surface area (Å²) in [5.74, 6) is 0.346. The smallest absolute Gasteiger partial charge is 0.265 e. The van der Waals surface area contributed by atoms with Gasteiger partial charge in [0.25, 0.3) is 6.43 Å². The van der Waals surface area contributed by atoms with Crippen LogP contribution >= 0.6 is 0 Å². The molecule has 0 bridgehead atoms. The van der Waals surface area contributed by atoms with Gasteiger partial charge >= 0.3 is 0 Å². The van der Waals surface area contributed by atoms with E-state index in [1.165, 1.54) is 12.1 Å². The number of hydrogen-bond donors (Lipinski definition) is 0. The van der Waals surface area contributed by atoms with Crippen LogP contribution in [0.2, 0.25) is 0 Å². The van der Waals surface area contributed by atoms with Crippen molar-refractivity contribution < 1.29 is 13.5 Å². The quantitative estimate of drug-likeness (QED) is 0.807. The van der Waals surface area contributed by atoms with Crippen LogP contribution in [0.1, 0.15) is 17.6 Å². The lowest BCUT2D eigenvalue weighted by Crippen LogP contribution is -1.97. The van der Waals surface area contributed by atoms with E-state index in [2.05, 4.69) is 4.98 Å². The van der Waals surface area contributed by atoms with E-state index in [1.807, 2.05) is 30.3 Å². The standard InChI is InChI=1S/C13H11F2NO/c14-13(15)11-6-7-12(16-8-11)17-9-10-4-2-1-3-5-10/h1-8,13H,9H2. The van der Waals surface area contributed by atoms with E-state index in [0.29, 0.717) is 12.5 Å². The molecule has 0 saturated heterocycles. The minimum Gasteiger partial charge on any atom is -0.473 e. The summed E-state index contributed by atoms with van der Waals surface area (Å²) < 4.78 is 29.9. The van der Waals surface area contributed by atoms with Crippen LogP contribution in [0.15, 0.2) is 48.7 Å². The molecular weight excluding hydrogens is 224 g/mol. The molecule has 0 aliphatic carbocycles. The van der Waals surface area contributed by atoms with Gasteiger partial charge in [0.15, 0.2) is 0 Å².